The maximum absolute atomic E-state index is 13.0. The summed E-state index contributed by atoms with van der Waals surface area (Å²) in [6.45, 7) is 2.95. The van der Waals surface area contributed by atoms with Crippen LogP contribution >= 0.6 is 0 Å². The summed E-state index contributed by atoms with van der Waals surface area (Å²) in [5, 5.41) is 10.2. The fourth-order valence-corrected chi connectivity index (χ4v) is 5.76. The van der Waals surface area contributed by atoms with Crippen LogP contribution in [0, 0.1) is 13.8 Å². The van der Waals surface area contributed by atoms with E-state index in [1.54, 1.807) is 12.1 Å². The van der Waals surface area contributed by atoms with Gasteiger partial charge in [-0.15, -0.1) is 0 Å². The van der Waals surface area contributed by atoms with Crippen molar-refractivity contribution in [3.05, 3.63) is 82.3 Å². The predicted octanol–water partition coefficient (Wildman–Crippen LogP) is 3.01. The molecule has 5 rings (SSSR count). The van der Waals surface area contributed by atoms with Crippen LogP contribution in [-0.4, -0.2) is 36.9 Å². The van der Waals surface area contributed by atoms with Crippen molar-refractivity contribution >= 4 is 42.5 Å². The molecule has 0 bridgehead atoms. The number of rotatable bonds is 6. The lowest BCUT2D eigenvalue weighted by molar-refractivity contribution is 0.472. The number of pyridine rings is 2. The van der Waals surface area contributed by atoms with Crippen molar-refractivity contribution in [2.45, 2.75) is 23.9 Å². The molecule has 0 saturated heterocycles. The molecule has 3 aromatic rings. The quantitative estimate of drug-likeness (QED) is 0.209. The van der Waals surface area contributed by atoms with E-state index in [9.17, 15) is 26.7 Å². The van der Waals surface area contributed by atoms with E-state index in [-0.39, 0.29) is 55.1 Å². The third kappa shape index (κ3) is 4.39. The zero-order chi connectivity index (χ0) is 27.2. The molecule has 12 nitrogen and oxygen atoms in total. The molecule has 0 unspecified atom stereocenters. The largest absolute Gasteiger partial charge is 0.505 e. The molecule has 38 heavy (non-hydrogen) atoms. The molecular formula is C24H19N5O7S2. The minimum atomic E-state index is -4.16. The average molecular weight is 554 g/mol. The van der Waals surface area contributed by atoms with Gasteiger partial charge in [0.2, 0.25) is 5.43 Å². The molecule has 1 aromatic carbocycles. The number of nitrogens with zero attached hydrogens (tertiary/aromatic N) is 3. The molecule has 3 N–H and O–H groups in total. The summed E-state index contributed by atoms with van der Waals surface area (Å²) in [6, 6.07) is 11.2. The average Bonchev–Trinajstić information content (AvgIpc) is 2.90. The van der Waals surface area contributed by atoms with Crippen LogP contribution in [0.3, 0.4) is 0 Å². The molecule has 0 saturated carbocycles. The highest BCUT2D eigenvalue weighted by molar-refractivity contribution is 7.93. The first-order valence-corrected chi connectivity index (χ1v) is 13.9. The molecule has 0 atom stereocenters. The van der Waals surface area contributed by atoms with Crippen molar-refractivity contribution in [3.8, 4) is 17.2 Å². The van der Waals surface area contributed by atoms with E-state index < -0.39 is 31.2 Å². The highest BCUT2D eigenvalue weighted by Crippen LogP contribution is 2.38. The predicted molar refractivity (Wildman–Crippen MR) is 138 cm³/mol. The van der Waals surface area contributed by atoms with Gasteiger partial charge < -0.3 is 9.52 Å². The van der Waals surface area contributed by atoms with Crippen LogP contribution in [0.15, 0.2) is 80.2 Å². The van der Waals surface area contributed by atoms with Crippen LogP contribution in [0.2, 0.25) is 0 Å². The topological polar surface area (TPSA) is 181 Å². The summed E-state index contributed by atoms with van der Waals surface area (Å²) >= 11 is 0. The molecule has 2 aliphatic rings. The number of aryl methyl sites for hydroxylation is 1. The van der Waals surface area contributed by atoms with Crippen molar-refractivity contribution in [1.82, 2.24) is 15.0 Å². The van der Waals surface area contributed by atoms with E-state index in [4.69, 9.17) is 4.42 Å². The summed E-state index contributed by atoms with van der Waals surface area (Å²) in [4.78, 5) is 25.1. The Labute approximate surface area is 216 Å². The Morgan fingerprint density at radius 2 is 1.39 bits per heavy atom. The highest BCUT2D eigenvalue weighted by Gasteiger charge is 2.25. The summed E-state index contributed by atoms with van der Waals surface area (Å²) in [5.41, 5.74) is -0.453. The number of nitrogens with one attached hydrogen (secondary N) is 2. The van der Waals surface area contributed by atoms with Crippen LogP contribution in [0.25, 0.3) is 22.6 Å². The number of hydrogen-bond acceptors (Lipinski definition) is 10. The maximum atomic E-state index is 13.0. The molecular weight excluding hydrogens is 534 g/mol. The lowest BCUT2D eigenvalue weighted by Gasteiger charge is -2.16. The van der Waals surface area contributed by atoms with Gasteiger partial charge in [-0.1, -0.05) is 12.1 Å². The van der Waals surface area contributed by atoms with Crippen LogP contribution in [0.1, 0.15) is 11.1 Å². The summed E-state index contributed by atoms with van der Waals surface area (Å²) in [5.74, 6) is -0.325. The molecule has 0 spiro atoms. The molecule has 1 aliphatic heterocycles. The van der Waals surface area contributed by atoms with Crippen molar-refractivity contribution in [2.75, 3.05) is 9.44 Å². The molecule has 0 radical (unpaired) electrons. The van der Waals surface area contributed by atoms with Gasteiger partial charge in [-0.2, -0.15) is 16.8 Å². The number of aromatic nitrogens is 3. The third-order valence-corrected chi connectivity index (χ3v) is 8.23. The highest BCUT2D eigenvalue weighted by atomic mass is 32.2. The minimum Gasteiger partial charge on any atom is -0.505 e. The summed E-state index contributed by atoms with van der Waals surface area (Å²) < 4.78 is 61.4. The van der Waals surface area contributed by atoms with Crippen molar-refractivity contribution < 1.29 is 26.4 Å². The van der Waals surface area contributed by atoms with Gasteiger partial charge in [0.05, 0.1) is 11.4 Å². The van der Waals surface area contributed by atoms with Crippen LogP contribution in [-0.2, 0) is 20.0 Å². The fourth-order valence-electron chi connectivity index (χ4n) is 3.75. The van der Waals surface area contributed by atoms with Crippen molar-refractivity contribution in [3.63, 3.8) is 0 Å². The maximum Gasteiger partial charge on any atom is 0.279 e. The van der Waals surface area contributed by atoms with E-state index in [0.717, 1.165) is 0 Å². The van der Waals surface area contributed by atoms with Crippen LogP contribution in [0.4, 0.5) is 11.4 Å². The van der Waals surface area contributed by atoms with Gasteiger partial charge in [0.15, 0.2) is 21.4 Å². The Morgan fingerprint density at radius 3 is 1.95 bits per heavy atom. The number of benzene rings is 2. The molecule has 1 aliphatic carbocycles. The Morgan fingerprint density at radius 1 is 0.816 bits per heavy atom. The zero-order valence-electron chi connectivity index (χ0n) is 19.8. The first-order chi connectivity index (χ1) is 18.0. The second-order valence-corrected chi connectivity index (χ2v) is 11.5. The van der Waals surface area contributed by atoms with Gasteiger partial charge >= 0.3 is 0 Å². The van der Waals surface area contributed by atoms with Gasteiger partial charge in [-0.05, 0) is 50.2 Å². The SMILES string of the molecule is Cc1c2oc3c(C)c(O)c(NS(=O)(=O)c4ccccn4)cc3nc-2cc(NS(=O)(=O)c2ccccn2)c1=O. The number of sulfonamides is 2. The number of aromatic hydroxyl groups is 1. The van der Waals surface area contributed by atoms with E-state index >= 15 is 0 Å². The smallest absolute Gasteiger partial charge is 0.279 e. The second-order valence-electron chi connectivity index (χ2n) is 8.23. The van der Waals surface area contributed by atoms with Gasteiger partial charge in [0, 0.05) is 23.5 Å². The first kappa shape index (κ1) is 25.1. The van der Waals surface area contributed by atoms with E-state index in [1.807, 2.05) is 0 Å². The van der Waals surface area contributed by atoms with Crippen molar-refractivity contribution in [1.29, 1.82) is 0 Å². The normalized spacial score (nSPS) is 12.1. The van der Waals surface area contributed by atoms with Gasteiger partial charge in [0.1, 0.15) is 17.0 Å². The Hall–Kier alpha value is -4.56. The Kier molecular flexibility index (Phi) is 6.00. The molecule has 2 aromatic heterocycles. The molecule has 3 heterocycles. The Bertz CT molecular complexity index is 1940. The number of phenolic OH excluding ortho intramolecular Hbond substituents is 1. The van der Waals surface area contributed by atoms with Gasteiger partial charge in [-0.3, -0.25) is 14.2 Å². The Balaban J connectivity index is 1.63. The first-order valence-electron chi connectivity index (χ1n) is 11.0. The molecule has 194 valence electrons. The van der Waals surface area contributed by atoms with Crippen LogP contribution in [0.5, 0.6) is 5.75 Å². The van der Waals surface area contributed by atoms with E-state index in [0.29, 0.717) is 0 Å². The molecule has 14 heteroatoms. The monoisotopic (exact) mass is 553 g/mol. The van der Waals surface area contributed by atoms with E-state index in [1.165, 1.54) is 62.6 Å². The second kappa shape index (κ2) is 9.08. The molecule has 0 fully saturated rings. The summed E-state index contributed by atoms with van der Waals surface area (Å²) in [7, 11) is -8.30. The number of phenols is 1. The zero-order valence-corrected chi connectivity index (χ0v) is 21.5. The lowest BCUT2D eigenvalue weighted by atomic mass is 10.1. The summed E-state index contributed by atoms with van der Waals surface area (Å²) in [6.07, 6.45) is 2.63. The third-order valence-electron chi connectivity index (χ3n) is 5.66. The number of hydrogen-bond donors (Lipinski definition) is 3. The van der Waals surface area contributed by atoms with E-state index in [2.05, 4.69) is 24.4 Å². The fraction of sp³-hybridized carbons (Fsp3) is 0.0833. The van der Waals surface area contributed by atoms with Crippen molar-refractivity contribution in [2.24, 2.45) is 0 Å². The molecule has 0 amide bonds. The van der Waals surface area contributed by atoms with Gasteiger partial charge in [-0.25, -0.2) is 15.0 Å². The standard InChI is InChI=1S/C24H19N5O7S2/c1-13-21(30)15(28-37(32,33)19-7-3-5-9-25-19)11-17-23(13)36-24-14(2)22(31)16(12-18(24)27-17)29-38(34,35)20-8-4-6-10-26-20/h3-12,28-30H,1-2H3. The van der Waals surface area contributed by atoms with Gasteiger partial charge in [0.25, 0.3) is 20.0 Å². The lowest BCUT2D eigenvalue weighted by Crippen LogP contribution is -2.21. The van der Waals surface area contributed by atoms with Crippen LogP contribution < -0.4 is 14.9 Å². The number of fused-ring (bicyclic) bond motifs is 2. The number of anilines is 2. The minimum absolute atomic E-state index is 0.0765.